The van der Waals surface area contributed by atoms with E-state index in [0.717, 1.165) is 11.4 Å². The van der Waals surface area contributed by atoms with E-state index < -0.39 is 11.3 Å². The van der Waals surface area contributed by atoms with Crippen LogP contribution in [0.1, 0.15) is 33.5 Å². The quantitative estimate of drug-likeness (QED) is 0.570. The molecule has 1 aromatic rings. The van der Waals surface area contributed by atoms with Gasteiger partial charge in [0.2, 0.25) is 0 Å². The second kappa shape index (κ2) is 5.94. The Morgan fingerprint density at radius 1 is 1.35 bits per heavy atom. The van der Waals surface area contributed by atoms with Crippen LogP contribution in [0, 0.1) is 6.92 Å². The summed E-state index contributed by atoms with van der Waals surface area (Å²) in [7, 11) is 1.61. The van der Waals surface area contributed by atoms with Crippen molar-refractivity contribution >= 4 is 24.0 Å². The van der Waals surface area contributed by atoms with Crippen molar-refractivity contribution < 1.29 is 18.1 Å². The minimum absolute atomic E-state index is 0.302. The average Bonchev–Trinajstić information content (AvgIpc) is 2.66. The molecule has 114 valence electrons. The number of nitrogens with two attached hydrogens (primary N) is 1. The Morgan fingerprint density at radius 2 is 1.75 bits per heavy atom. The summed E-state index contributed by atoms with van der Waals surface area (Å²) in [5.41, 5.74) is 0.241. The summed E-state index contributed by atoms with van der Waals surface area (Å²) in [6.07, 6.45) is 1.96. The van der Waals surface area contributed by atoms with Gasteiger partial charge in [-0.25, -0.2) is 4.98 Å². The van der Waals surface area contributed by atoms with Gasteiger partial charge in [-0.2, -0.15) is 0 Å². The third-order valence-corrected chi connectivity index (χ3v) is 3.62. The van der Waals surface area contributed by atoms with Crippen molar-refractivity contribution in [3.05, 3.63) is 12.0 Å². The maximum atomic E-state index is 8.78. The molecule has 1 aliphatic rings. The van der Waals surface area contributed by atoms with E-state index in [1.165, 1.54) is 0 Å². The maximum Gasteiger partial charge on any atom is 0.516 e. The highest BCUT2D eigenvalue weighted by molar-refractivity contribution is 7.76. The topological polar surface area (TPSA) is 102 Å². The predicted molar refractivity (Wildman–Crippen MR) is 76.8 cm³/mol. The minimum atomic E-state index is -2.36. The van der Waals surface area contributed by atoms with Crippen LogP contribution in [0.2, 0.25) is 0 Å². The third kappa shape index (κ3) is 3.89. The lowest BCUT2D eigenvalue weighted by Gasteiger charge is -2.32. The summed E-state index contributed by atoms with van der Waals surface area (Å²) in [6.45, 7) is 10.1. The molecule has 0 aromatic carbocycles. The molecule has 0 spiro atoms. The average molecular weight is 302 g/mol. The molecule has 0 bridgehead atoms. The Hall–Kier alpha value is -0.735. The molecule has 2 rings (SSSR count). The number of aryl methyl sites for hydroxylation is 2. The lowest BCUT2D eigenvalue weighted by molar-refractivity contribution is 0.00578. The number of hydrogen-bond donors (Lipinski definition) is 1. The van der Waals surface area contributed by atoms with Crippen LogP contribution in [-0.2, 0) is 27.6 Å². The zero-order chi connectivity index (χ0) is 15.7. The summed E-state index contributed by atoms with van der Waals surface area (Å²) < 4.78 is 31.4. The summed E-state index contributed by atoms with van der Waals surface area (Å²) >= 11 is -2.36. The minimum Gasteiger partial charge on any atom is -0.760 e. The fourth-order valence-corrected chi connectivity index (χ4v) is 1.66. The van der Waals surface area contributed by atoms with E-state index in [-0.39, 0.29) is 18.3 Å². The Labute approximate surface area is 122 Å². The van der Waals surface area contributed by atoms with Gasteiger partial charge in [0.25, 0.3) is 0 Å². The first kappa shape index (κ1) is 17.3. The van der Waals surface area contributed by atoms with Crippen LogP contribution in [0.4, 0.5) is 0 Å². The van der Waals surface area contributed by atoms with Crippen molar-refractivity contribution in [1.82, 2.24) is 9.55 Å². The van der Waals surface area contributed by atoms with Crippen LogP contribution in [0.15, 0.2) is 6.20 Å². The molecular formula is C11H21BN3O4S-. The molecule has 1 fully saturated rings. The van der Waals surface area contributed by atoms with E-state index in [0.29, 0.717) is 0 Å². The molecular weight excluding hydrogens is 281 g/mol. The molecule has 7 nitrogen and oxygen atoms in total. The molecule has 2 N–H and O–H groups in total. The molecule has 1 aliphatic heterocycles. The van der Waals surface area contributed by atoms with Crippen LogP contribution in [0.5, 0.6) is 0 Å². The molecule has 9 heteroatoms. The first-order chi connectivity index (χ1) is 8.96. The lowest BCUT2D eigenvalue weighted by Crippen LogP contribution is -2.41. The van der Waals surface area contributed by atoms with Crippen molar-refractivity contribution in [3.63, 3.8) is 0 Å². The van der Waals surface area contributed by atoms with Gasteiger partial charge in [0, 0.05) is 24.5 Å². The van der Waals surface area contributed by atoms with E-state index in [2.05, 4.69) is 10.1 Å². The van der Waals surface area contributed by atoms with Gasteiger partial charge in [-0.1, -0.05) is 0 Å². The highest BCUT2D eigenvalue weighted by Gasteiger charge is 2.52. The van der Waals surface area contributed by atoms with Crippen LogP contribution in [0.3, 0.4) is 0 Å². The van der Waals surface area contributed by atoms with Crippen molar-refractivity contribution in [2.75, 3.05) is 0 Å². The van der Waals surface area contributed by atoms with E-state index in [9.17, 15) is 0 Å². The van der Waals surface area contributed by atoms with Gasteiger partial charge >= 0.3 is 7.12 Å². The zero-order valence-electron chi connectivity index (χ0n) is 12.7. The molecule has 20 heavy (non-hydrogen) atoms. The Morgan fingerprint density at radius 3 is 2.05 bits per heavy atom. The van der Waals surface area contributed by atoms with Crippen molar-refractivity contribution in [2.45, 2.75) is 45.8 Å². The highest BCUT2D eigenvalue weighted by Crippen LogP contribution is 2.36. The van der Waals surface area contributed by atoms with Crippen molar-refractivity contribution in [1.29, 1.82) is 0 Å². The van der Waals surface area contributed by atoms with Crippen molar-refractivity contribution in [2.24, 2.45) is 12.2 Å². The van der Waals surface area contributed by atoms with E-state index in [4.69, 9.17) is 18.1 Å². The standard InChI is InChI=1S/C11H19BN2O2.H3NO2S/c1-8-13-9(7-14(8)6)12-15-10(2,3)11(4,5)16-12;1-4(2)3/h7H,1-6H3;1H2,(H,2,3)/p-1. The zero-order valence-corrected chi connectivity index (χ0v) is 13.5. The van der Waals surface area contributed by atoms with Crippen molar-refractivity contribution in [3.8, 4) is 0 Å². The predicted octanol–water partition coefficient (Wildman–Crippen LogP) is -0.233. The Bertz CT molecular complexity index is 464. The Kier molecular flexibility index (Phi) is 5.15. The first-order valence-electron chi connectivity index (χ1n) is 6.15. The van der Waals surface area contributed by atoms with Gasteiger partial charge in [0.15, 0.2) is 0 Å². The molecule has 1 aromatic heterocycles. The van der Waals surface area contributed by atoms with Gasteiger partial charge in [-0.3, -0.25) is 9.35 Å². The SMILES string of the molecule is Cc1nc(B2OC(C)(C)C(C)(C)O2)cn1C.NS(=O)[O-]. The van der Waals surface area contributed by atoms with Gasteiger partial charge in [0.05, 0.1) is 16.8 Å². The van der Waals surface area contributed by atoms with E-state index in [1.54, 1.807) is 0 Å². The van der Waals surface area contributed by atoms with Crippen LogP contribution < -0.4 is 10.7 Å². The van der Waals surface area contributed by atoms with Gasteiger partial charge in [-0.05, 0) is 34.6 Å². The van der Waals surface area contributed by atoms with Crippen LogP contribution >= 0.6 is 0 Å². The molecule has 0 saturated carbocycles. The van der Waals surface area contributed by atoms with Gasteiger partial charge in [-0.15, -0.1) is 0 Å². The van der Waals surface area contributed by atoms with Gasteiger partial charge in [0.1, 0.15) is 5.82 Å². The lowest BCUT2D eigenvalue weighted by atomic mass is 9.86. The molecule has 1 unspecified atom stereocenters. The summed E-state index contributed by atoms with van der Waals surface area (Å²) in [5.74, 6) is 0.963. The van der Waals surface area contributed by atoms with Crippen LogP contribution in [-0.4, -0.2) is 36.6 Å². The summed E-state index contributed by atoms with van der Waals surface area (Å²) in [4.78, 5) is 4.44. The molecule has 0 radical (unpaired) electrons. The monoisotopic (exact) mass is 302 g/mol. The largest absolute Gasteiger partial charge is 0.760 e. The molecule has 1 atom stereocenters. The Balaban J connectivity index is 0.000000444. The number of nitrogens with zero attached hydrogens (tertiary/aromatic N) is 2. The maximum absolute atomic E-state index is 8.78. The fourth-order valence-electron chi connectivity index (χ4n) is 1.66. The second-order valence-electron chi connectivity index (χ2n) is 5.67. The molecule has 0 aliphatic carbocycles. The fraction of sp³-hybridized carbons (Fsp3) is 0.727. The third-order valence-electron chi connectivity index (χ3n) is 3.62. The number of rotatable bonds is 1. The van der Waals surface area contributed by atoms with Crippen LogP contribution in [0.25, 0.3) is 0 Å². The summed E-state index contributed by atoms with van der Waals surface area (Å²) in [6, 6.07) is 0. The molecule has 2 heterocycles. The molecule has 1 saturated heterocycles. The second-order valence-corrected chi connectivity index (χ2v) is 6.19. The smallest absolute Gasteiger partial charge is 0.516 e. The number of aromatic nitrogens is 2. The molecule has 0 amide bonds. The highest BCUT2D eigenvalue weighted by atomic mass is 32.2. The van der Waals surface area contributed by atoms with E-state index >= 15 is 0 Å². The normalized spacial score (nSPS) is 21.3. The van der Waals surface area contributed by atoms with E-state index in [1.807, 2.05) is 52.4 Å². The van der Waals surface area contributed by atoms with Gasteiger partial charge < -0.3 is 18.4 Å². The first-order valence-corrected chi connectivity index (χ1v) is 7.29. The number of hydrogen-bond acceptors (Lipinski definition) is 5. The summed E-state index contributed by atoms with van der Waals surface area (Å²) in [5, 5.41) is 4.03. The number of imidazole rings is 1.